The van der Waals surface area contributed by atoms with E-state index in [1.54, 1.807) is 12.0 Å². The molecule has 0 aliphatic rings. The molecule has 0 bridgehead atoms. The number of hydrogen-bond donors (Lipinski definition) is 1. The van der Waals surface area contributed by atoms with Gasteiger partial charge in [0.1, 0.15) is 5.75 Å². The van der Waals surface area contributed by atoms with Crippen molar-refractivity contribution in [1.29, 1.82) is 0 Å². The van der Waals surface area contributed by atoms with Crippen molar-refractivity contribution in [1.82, 2.24) is 4.90 Å². The van der Waals surface area contributed by atoms with E-state index in [-0.39, 0.29) is 18.3 Å². The van der Waals surface area contributed by atoms with Gasteiger partial charge in [0, 0.05) is 13.1 Å². The number of ether oxygens (including phenoxy) is 1. The third-order valence-corrected chi connectivity index (χ3v) is 3.84. The first-order valence-electron chi connectivity index (χ1n) is 7.85. The predicted octanol–water partition coefficient (Wildman–Crippen LogP) is 3.04. The second kappa shape index (κ2) is 9.96. The molecule has 0 aliphatic heterocycles. The van der Waals surface area contributed by atoms with Crippen LogP contribution in [0.25, 0.3) is 0 Å². The van der Waals surface area contributed by atoms with E-state index in [0.29, 0.717) is 19.5 Å². The van der Waals surface area contributed by atoms with Crippen molar-refractivity contribution in [2.24, 2.45) is 5.73 Å². The van der Waals surface area contributed by atoms with Gasteiger partial charge in [-0.25, -0.2) is 0 Å². The van der Waals surface area contributed by atoms with Gasteiger partial charge >= 0.3 is 0 Å². The Morgan fingerprint density at radius 2 is 1.71 bits per heavy atom. The van der Waals surface area contributed by atoms with E-state index in [1.807, 2.05) is 61.5 Å². The Labute approximate surface area is 150 Å². The lowest BCUT2D eigenvalue weighted by atomic mass is 10.1. The fraction of sp³-hybridized carbons (Fsp3) is 0.316. The third kappa shape index (κ3) is 5.55. The van der Waals surface area contributed by atoms with E-state index in [9.17, 15) is 4.79 Å². The number of halogens is 1. The summed E-state index contributed by atoms with van der Waals surface area (Å²) in [6.07, 6.45) is 0.554. The minimum absolute atomic E-state index is 0. The van der Waals surface area contributed by atoms with Crippen molar-refractivity contribution in [3.05, 3.63) is 65.7 Å². The molecule has 0 saturated heterocycles. The van der Waals surface area contributed by atoms with Crippen molar-refractivity contribution < 1.29 is 9.53 Å². The van der Waals surface area contributed by atoms with Crippen LogP contribution in [0.15, 0.2) is 54.6 Å². The maximum atomic E-state index is 12.6. The zero-order chi connectivity index (χ0) is 16.7. The van der Waals surface area contributed by atoms with Gasteiger partial charge in [-0.15, -0.1) is 12.4 Å². The number of likely N-dealkylation sites (N-methyl/N-ethyl adjacent to an activating group) is 1. The molecule has 2 aromatic rings. The molecule has 1 amide bonds. The molecular weight excluding hydrogens is 324 g/mol. The fourth-order valence-electron chi connectivity index (χ4n) is 2.49. The largest absolute Gasteiger partial charge is 0.497 e. The van der Waals surface area contributed by atoms with E-state index in [4.69, 9.17) is 10.5 Å². The SMILES string of the molecule is CCN(Cc1ccc(OC)cc1)C(=O)C(N)Cc1ccccc1.Cl. The molecule has 0 radical (unpaired) electrons. The van der Waals surface area contributed by atoms with Crippen molar-refractivity contribution in [3.63, 3.8) is 0 Å². The van der Waals surface area contributed by atoms with E-state index in [1.165, 1.54) is 0 Å². The Morgan fingerprint density at radius 1 is 1.08 bits per heavy atom. The second-order valence-electron chi connectivity index (χ2n) is 5.50. The van der Waals surface area contributed by atoms with Gasteiger partial charge in [0.25, 0.3) is 0 Å². The monoisotopic (exact) mass is 348 g/mol. The van der Waals surface area contributed by atoms with Crippen LogP contribution in [0.5, 0.6) is 5.75 Å². The Kier molecular flexibility index (Phi) is 8.30. The molecule has 2 N–H and O–H groups in total. The Hall–Kier alpha value is -2.04. The lowest BCUT2D eigenvalue weighted by molar-refractivity contribution is -0.133. The van der Waals surface area contributed by atoms with E-state index in [2.05, 4.69) is 0 Å². The molecule has 0 aromatic heterocycles. The fourth-order valence-corrected chi connectivity index (χ4v) is 2.49. The maximum absolute atomic E-state index is 12.6. The second-order valence-corrected chi connectivity index (χ2v) is 5.50. The summed E-state index contributed by atoms with van der Waals surface area (Å²) < 4.78 is 5.15. The first kappa shape index (κ1) is 20.0. The van der Waals surface area contributed by atoms with Crippen LogP contribution in [0, 0.1) is 0 Å². The van der Waals surface area contributed by atoms with Crippen molar-refractivity contribution in [2.45, 2.75) is 25.9 Å². The number of benzene rings is 2. The van der Waals surface area contributed by atoms with Crippen LogP contribution >= 0.6 is 12.4 Å². The third-order valence-electron chi connectivity index (χ3n) is 3.84. The highest BCUT2D eigenvalue weighted by molar-refractivity contribution is 5.85. The number of methoxy groups -OCH3 is 1. The summed E-state index contributed by atoms with van der Waals surface area (Å²) in [6.45, 7) is 3.16. The molecule has 0 saturated carbocycles. The molecule has 2 rings (SSSR count). The van der Waals surface area contributed by atoms with Crippen molar-refractivity contribution in [2.75, 3.05) is 13.7 Å². The predicted molar refractivity (Wildman–Crippen MR) is 99.5 cm³/mol. The van der Waals surface area contributed by atoms with Gasteiger partial charge in [0.2, 0.25) is 5.91 Å². The molecule has 1 atom stereocenters. The summed E-state index contributed by atoms with van der Waals surface area (Å²) in [5.74, 6) is 0.788. The number of carbonyl (C=O) groups is 1. The topological polar surface area (TPSA) is 55.6 Å². The van der Waals surface area contributed by atoms with Crippen LogP contribution in [0.3, 0.4) is 0 Å². The average Bonchev–Trinajstić information content (AvgIpc) is 2.60. The molecule has 0 aliphatic carbocycles. The summed E-state index contributed by atoms with van der Waals surface area (Å²) >= 11 is 0. The Bertz CT molecular complexity index is 617. The summed E-state index contributed by atoms with van der Waals surface area (Å²) in [4.78, 5) is 14.4. The lowest BCUT2D eigenvalue weighted by Gasteiger charge is -2.24. The van der Waals surface area contributed by atoms with E-state index in [0.717, 1.165) is 16.9 Å². The van der Waals surface area contributed by atoms with Gasteiger partial charge in [-0.1, -0.05) is 42.5 Å². The van der Waals surface area contributed by atoms with Crippen LogP contribution in [0.1, 0.15) is 18.1 Å². The van der Waals surface area contributed by atoms with Crippen LogP contribution in [-0.4, -0.2) is 30.5 Å². The molecule has 0 spiro atoms. The lowest BCUT2D eigenvalue weighted by Crippen LogP contribution is -2.44. The van der Waals surface area contributed by atoms with Gasteiger partial charge in [-0.3, -0.25) is 4.79 Å². The van der Waals surface area contributed by atoms with Crippen molar-refractivity contribution >= 4 is 18.3 Å². The van der Waals surface area contributed by atoms with Gasteiger partial charge in [0.15, 0.2) is 0 Å². The Balaban J connectivity index is 0.00000288. The number of nitrogens with two attached hydrogens (primary N) is 1. The summed E-state index contributed by atoms with van der Waals surface area (Å²) in [5, 5.41) is 0. The van der Waals surface area contributed by atoms with Gasteiger partial charge in [-0.2, -0.15) is 0 Å². The van der Waals surface area contributed by atoms with Crippen LogP contribution < -0.4 is 10.5 Å². The Morgan fingerprint density at radius 3 is 2.25 bits per heavy atom. The molecule has 2 aromatic carbocycles. The minimum Gasteiger partial charge on any atom is -0.497 e. The molecular formula is C19H25ClN2O2. The van der Waals surface area contributed by atoms with Crippen LogP contribution in [0.2, 0.25) is 0 Å². The van der Waals surface area contributed by atoms with E-state index < -0.39 is 6.04 Å². The zero-order valence-electron chi connectivity index (χ0n) is 14.1. The smallest absolute Gasteiger partial charge is 0.240 e. The molecule has 0 fully saturated rings. The quantitative estimate of drug-likeness (QED) is 0.836. The summed E-state index contributed by atoms with van der Waals surface area (Å²) in [6, 6.07) is 17.1. The number of rotatable bonds is 7. The highest BCUT2D eigenvalue weighted by atomic mass is 35.5. The summed E-state index contributed by atoms with van der Waals surface area (Å²) in [7, 11) is 1.64. The highest BCUT2D eigenvalue weighted by Crippen LogP contribution is 2.14. The van der Waals surface area contributed by atoms with E-state index >= 15 is 0 Å². The average molecular weight is 349 g/mol. The number of carbonyl (C=O) groups excluding carboxylic acids is 1. The van der Waals surface area contributed by atoms with Crippen LogP contribution in [0.4, 0.5) is 0 Å². The molecule has 1 unspecified atom stereocenters. The molecule has 24 heavy (non-hydrogen) atoms. The van der Waals surface area contributed by atoms with Crippen LogP contribution in [-0.2, 0) is 17.8 Å². The normalized spacial score (nSPS) is 11.3. The highest BCUT2D eigenvalue weighted by Gasteiger charge is 2.20. The number of hydrogen-bond acceptors (Lipinski definition) is 3. The molecule has 4 nitrogen and oxygen atoms in total. The zero-order valence-corrected chi connectivity index (χ0v) is 15.0. The molecule has 0 heterocycles. The summed E-state index contributed by atoms with van der Waals surface area (Å²) in [5.41, 5.74) is 8.25. The first-order chi connectivity index (χ1) is 11.1. The first-order valence-corrected chi connectivity index (χ1v) is 7.85. The van der Waals surface area contributed by atoms with Gasteiger partial charge in [-0.05, 0) is 36.6 Å². The number of amides is 1. The van der Waals surface area contributed by atoms with Gasteiger partial charge in [0.05, 0.1) is 13.2 Å². The number of nitrogens with zero attached hydrogens (tertiary/aromatic N) is 1. The molecule has 130 valence electrons. The standard InChI is InChI=1S/C19H24N2O2.ClH/c1-3-21(14-16-9-11-17(23-2)12-10-16)19(22)18(20)13-15-7-5-4-6-8-15;/h4-12,18H,3,13-14,20H2,1-2H3;1H. The maximum Gasteiger partial charge on any atom is 0.240 e. The minimum atomic E-state index is -0.518. The van der Waals surface area contributed by atoms with Gasteiger partial charge < -0.3 is 15.4 Å². The van der Waals surface area contributed by atoms with Crippen molar-refractivity contribution in [3.8, 4) is 5.75 Å². The molecule has 5 heteroatoms.